The molecule has 0 aromatic heterocycles. The summed E-state index contributed by atoms with van der Waals surface area (Å²) < 4.78 is 16.3. The highest BCUT2D eigenvalue weighted by Gasteiger charge is 2.42. The summed E-state index contributed by atoms with van der Waals surface area (Å²) in [5.74, 6) is 1.57. The first-order valence-corrected chi connectivity index (χ1v) is 7.61. The van der Waals surface area contributed by atoms with Gasteiger partial charge in [0.15, 0.2) is 17.6 Å². The number of carbonyl (C=O) groups is 1. The molecule has 3 aliphatic rings. The molecule has 0 spiro atoms. The number of nitrogens with one attached hydrogen (secondary N) is 1. The van der Waals surface area contributed by atoms with Gasteiger partial charge in [-0.2, -0.15) is 0 Å². The van der Waals surface area contributed by atoms with Gasteiger partial charge in [0.2, 0.25) is 0 Å². The fraction of sp³-hybridized carbons (Fsp3) is 0.562. The molecule has 2 heterocycles. The number of carbonyl (C=O) groups excluding carboxylic acids is 1. The zero-order valence-corrected chi connectivity index (χ0v) is 11.9. The van der Waals surface area contributed by atoms with Crippen molar-refractivity contribution < 1.29 is 19.0 Å². The van der Waals surface area contributed by atoms with Crippen LogP contribution in [0.15, 0.2) is 18.2 Å². The van der Waals surface area contributed by atoms with Crippen molar-refractivity contribution in [2.75, 3.05) is 19.8 Å². The molecular formula is C16H19NO4. The third-order valence-corrected chi connectivity index (χ3v) is 4.54. The Bertz CT molecular complexity index is 561. The minimum atomic E-state index is -0.279. The lowest BCUT2D eigenvalue weighted by atomic mass is 9.87. The van der Waals surface area contributed by atoms with E-state index in [1.807, 2.05) is 18.2 Å². The first-order valence-electron chi connectivity index (χ1n) is 7.61. The lowest BCUT2D eigenvalue weighted by molar-refractivity contribution is -0.124. The van der Waals surface area contributed by atoms with E-state index in [1.165, 1.54) is 0 Å². The molecule has 0 bridgehead atoms. The standard InChI is InChI=1S/C16H19NO4/c18-15(14-10-21-14)17-16(5-1-2-6-16)11-3-4-12-13(9-11)20-8-7-19-12/h3-4,9,14H,1-2,5-8,10H2,(H,17,18). The van der Waals surface area contributed by atoms with Crippen LogP contribution in [0.3, 0.4) is 0 Å². The van der Waals surface area contributed by atoms with Crippen LogP contribution in [0.1, 0.15) is 31.2 Å². The molecule has 5 heteroatoms. The maximum absolute atomic E-state index is 12.1. The molecule has 1 unspecified atom stereocenters. The molecule has 0 radical (unpaired) electrons. The molecule has 1 aromatic rings. The average Bonchev–Trinajstić information content (AvgIpc) is 3.27. The largest absolute Gasteiger partial charge is 0.486 e. The summed E-state index contributed by atoms with van der Waals surface area (Å²) in [6.07, 6.45) is 3.93. The van der Waals surface area contributed by atoms with Crippen LogP contribution in [-0.4, -0.2) is 31.8 Å². The molecule has 1 N–H and O–H groups in total. The molecule has 1 aromatic carbocycles. The van der Waals surface area contributed by atoms with Crippen molar-refractivity contribution in [3.63, 3.8) is 0 Å². The Morgan fingerprint density at radius 2 is 1.86 bits per heavy atom. The van der Waals surface area contributed by atoms with Crippen LogP contribution in [0.2, 0.25) is 0 Å². The minimum Gasteiger partial charge on any atom is -0.486 e. The molecule has 1 atom stereocenters. The van der Waals surface area contributed by atoms with Crippen LogP contribution in [0.5, 0.6) is 11.5 Å². The van der Waals surface area contributed by atoms with Gasteiger partial charge in [0.05, 0.1) is 12.1 Å². The summed E-state index contributed by atoms with van der Waals surface area (Å²) in [5, 5.41) is 3.22. The fourth-order valence-electron chi connectivity index (χ4n) is 3.32. The summed E-state index contributed by atoms with van der Waals surface area (Å²) in [6.45, 7) is 1.71. The van der Waals surface area contributed by atoms with Gasteiger partial charge < -0.3 is 19.5 Å². The van der Waals surface area contributed by atoms with Crippen LogP contribution in [0, 0.1) is 0 Å². The molecule has 112 valence electrons. The highest BCUT2D eigenvalue weighted by molar-refractivity contribution is 5.83. The quantitative estimate of drug-likeness (QED) is 0.861. The number of epoxide rings is 1. The summed E-state index contributed by atoms with van der Waals surface area (Å²) in [7, 11) is 0. The normalized spacial score (nSPS) is 25.4. The van der Waals surface area contributed by atoms with Crippen molar-refractivity contribution in [2.24, 2.45) is 0 Å². The Morgan fingerprint density at radius 3 is 2.57 bits per heavy atom. The number of rotatable bonds is 3. The summed E-state index contributed by atoms with van der Waals surface area (Å²) in [4.78, 5) is 12.1. The molecule has 1 saturated heterocycles. The predicted octanol–water partition coefficient (Wildman–Crippen LogP) is 1.74. The number of benzene rings is 1. The van der Waals surface area contributed by atoms with E-state index in [1.54, 1.807) is 0 Å². The first-order chi connectivity index (χ1) is 10.3. The number of hydrogen-bond donors (Lipinski definition) is 1. The number of fused-ring (bicyclic) bond motifs is 1. The van der Waals surface area contributed by atoms with Crippen LogP contribution in [-0.2, 0) is 15.1 Å². The Hall–Kier alpha value is -1.75. The van der Waals surface area contributed by atoms with E-state index in [2.05, 4.69) is 5.32 Å². The zero-order chi connectivity index (χ0) is 14.3. The van der Waals surface area contributed by atoms with Crippen molar-refractivity contribution in [1.82, 2.24) is 5.32 Å². The van der Waals surface area contributed by atoms with Crippen LogP contribution >= 0.6 is 0 Å². The smallest absolute Gasteiger partial charge is 0.252 e. The van der Waals surface area contributed by atoms with Crippen LogP contribution in [0.4, 0.5) is 0 Å². The second-order valence-corrected chi connectivity index (χ2v) is 5.96. The van der Waals surface area contributed by atoms with Gasteiger partial charge >= 0.3 is 0 Å². The Balaban J connectivity index is 1.65. The van der Waals surface area contributed by atoms with Gasteiger partial charge in [-0.05, 0) is 30.5 Å². The SMILES string of the molecule is O=C(NC1(c2ccc3c(c2)OCCO3)CCCC1)C1CO1. The molecule has 4 rings (SSSR count). The summed E-state index contributed by atoms with van der Waals surface area (Å²) in [5.41, 5.74) is 0.831. The van der Waals surface area contributed by atoms with Crippen LogP contribution < -0.4 is 14.8 Å². The lowest BCUT2D eigenvalue weighted by Gasteiger charge is -2.32. The maximum atomic E-state index is 12.1. The van der Waals surface area contributed by atoms with Crippen molar-refractivity contribution in [1.29, 1.82) is 0 Å². The van der Waals surface area contributed by atoms with Gasteiger partial charge in [-0.15, -0.1) is 0 Å². The van der Waals surface area contributed by atoms with E-state index in [4.69, 9.17) is 14.2 Å². The van der Waals surface area contributed by atoms with E-state index in [-0.39, 0.29) is 17.6 Å². The Morgan fingerprint density at radius 1 is 1.14 bits per heavy atom. The van der Waals surface area contributed by atoms with Gasteiger partial charge in [0.1, 0.15) is 13.2 Å². The maximum Gasteiger partial charge on any atom is 0.252 e. The molecular weight excluding hydrogens is 270 g/mol. The number of ether oxygens (including phenoxy) is 3. The third kappa shape index (κ3) is 2.35. The second-order valence-electron chi connectivity index (χ2n) is 5.96. The highest BCUT2D eigenvalue weighted by Crippen LogP contribution is 2.42. The van der Waals surface area contributed by atoms with Gasteiger partial charge in [-0.25, -0.2) is 0 Å². The molecule has 2 aliphatic heterocycles. The first kappa shape index (κ1) is 13.0. The average molecular weight is 289 g/mol. The van der Waals surface area contributed by atoms with Gasteiger partial charge in [0, 0.05) is 0 Å². The van der Waals surface area contributed by atoms with Crippen molar-refractivity contribution in [2.45, 2.75) is 37.3 Å². The summed E-state index contributed by atoms with van der Waals surface area (Å²) in [6, 6.07) is 6.02. The van der Waals surface area contributed by atoms with Crippen molar-refractivity contribution >= 4 is 5.91 Å². The van der Waals surface area contributed by atoms with Crippen molar-refractivity contribution in [3.8, 4) is 11.5 Å². The van der Waals surface area contributed by atoms with Gasteiger partial charge in [0.25, 0.3) is 5.91 Å². The van der Waals surface area contributed by atoms with Gasteiger partial charge in [-0.3, -0.25) is 4.79 Å². The third-order valence-electron chi connectivity index (χ3n) is 4.54. The lowest BCUT2D eigenvalue weighted by Crippen LogP contribution is -2.45. The molecule has 1 saturated carbocycles. The number of hydrogen-bond acceptors (Lipinski definition) is 4. The van der Waals surface area contributed by atoms with Crippen molar-refractivity contribution in [3.05, 3.63) is 23.8 Å². The molecule has 2 fully saturated rings. The molecule has 1 aliphatic carbocycles. The van der Waals surface area contributed by atoms with Gasteiger partial charge in [-0.1, -0.05) is 18.9 Å². The Kier molecular flexibility index (Phi) is 3.03. The highest BCUT2D eigenvalue weighted by atomic mass is 16.6. The van der Waals surface area contributed by atoms with E-state index in [0.717, 1.165) is 42.7 Å². The monoisotopic (exact) mass is 289 g/mol. The molecule has 1 amide bonds. The fourth-order valence-corrected chi connectivity index (χ4v) is 3.32. The zero-order valence-electron chi connectivity index (χ0n) is 11.9. The second kappa shape index (κ2) is 4.91. The minimum absolute atomic E-state index is 0.00629. The topological polar surface area (TPSA) is 60.1 Å². The van der Waals surface area contributed by atoms with E-state index in [0.29, 0.717) is 19.8 Å². The number of amides is 1. The molecule has 5 nitrogen and oxygen atoms in total. The van der Waals surface area contributed by atoms with E-state index in [9.17, 15) is 4.79 Å². The molecule has 21 heavy (non-hydrogen) atoms. The van der Waals surface area contributed by atoms with E-state index >= 15 is 0 Å². The summed E-state index contributed by atoms with van der Waals surface area (Å²) >= 11 is 0. The van der Waals surface area contributed by atoms with E-state index < -0.39 is 0 Å². The van der Waals surface area contributed by atoms with Crippen LogP contribution in [0.25, 0.3) is 0 Å². The Labute approximate surface area is 123 Å². The predicted molar refractivity (Wildman–Crippen MR) is 75.5 cm³/mol.